The van der Waals surface area contributed by atoms with Gasteiger partial charge in [-0.25, -0.2) is 9.48 Å². The number of aromatic nitrogens is 3. The molecule has 0 bridgehead atoms. The van der Waals surface area contributed by atoms with E-state index in [0.717, 1.165) is 16.9 Å². The Hall–Kier alpha value is -2.95. The fraction of sp³-hybridized carbons (Fsp3) is 0.118. The molecular weight excluding hydrogens is 278 g/mol. The van der Waals surface area contributed by atoms with Crippen molar-refractivity contribution in [3.05, 3.63) is 65.4 Å². The number of rotatable bonds is 3. The van der Waals surface area contributed by atoms with Crippen LogP contribution in [0.15, 0.2) is 48.7 Å². The Balaban J connectivity index is 1.93. The van der Waals surface area contributed by atoms with Crippen LogP contribution in [0.25, 0.3) is 16.9 Å². The van der Waals surface area contributed by atoms with E-state index in [1.807, 2.05) is 12.3 Å². The molecule has 5 nitrogen and oxygen atoms in total. The van der Waals surface area contributed by atoms with Crippen LogP contribution in [-0.4, -0.2) is 26.1 Å². The minimum Gasteiger partial charge on any atom is -0.478 e. The lowest BCUT2D eigenvalue weighted by Gasteiger charge is -2.02. The second-order valence-corrected chi connectivity index (χ2v) is 5.20. The van der Waals surface area contributed by atoms with Crippen LogP contribution in [0, 0.1) is 13.8 Å². The SMILES string of the molecule is Cc1ccc(-c2cn(-c3ccc(C(=O)O)cc3)nn2)cc1C. The van der Waals surface area contributed by atoms with Gasteiger partial charge in [0.2, 0.25) is 0 Å². The average molecular weight is 293 g/mol. The van der Waals surface area contributed by atoms with Crippen molar-refractivity contribution in [3.63, 3.8) is 0 Å². The Labute approximate surface area is 127 Å². The lowest BCUT2D eigenvalue weighted by atomic mass is 10.0. The predicted molar refractivity (Wildman–Crippen MR) is 83.2 cm³/mol. The summed E-state index contributed by atoms with van der Waals surface area (Å²) in [7, 11) is 0. The van der Waals surface area contributed by atoms with Gasteiger partial charge in [-0.3, -0.25) is 0 Å². The summed E-state index contributed by atoms with van der Waals surface area (Å²) >= 11 is 0. The summed E-state index contributed by atoms with van der Waals surface area (Å²) in [5, 5.41) is 17.2. The molecule has 110 valence electrons. The predicted octanol–water partition coefficient (Wildman–Crippen LogP) is 3.25. The number of carboxylic acids is 1. The minimum atomic E-state index is -0.944. The number of hydrogen-bond acceptors (Lipinski definition) is 3. The van der Waals surface area contributed by atoms with Crippen LogP contribution in [0.1, 0.15) is 21.5 Å². The molecule has 5 heteroatoms. The molecule has 1 N–H and O–H groups in total. The lowest BCUT2D eigenvalue weighted by molar-refractivity contribution is 0.0697. The van der Waals surface area contributed by atoms with Gasteiger partial charge in [-0.1, -0.05) is 17.3 Å². The van der Waals surface area contributed by atoms with Crippen molar-refractivity contribution < 1.29 is 9.90 Å². The van der Waals surface area contributed by atoms with E-state index >= 15 is 0 Å². The Morgan fingerprint density at radius 1 is 1.05 bits per heavy atom. The standard InChI is InChI=1S/C17H15N3O2/c1-11-3-4-14(9-12(11)2)16-10-20(19-18-16)15-7-5-13(6-8-15)17(21)22/h3-10H,1-2H3,(H,21,22). The van der Waals surface area contributed by atoms with Crippen LogP contribution in [0.5, 0.6) is 0 Å². The van der Waals surface area contributed by atoms with Crippen molar-refractivity contribution in [2.75, 3.05) is 0 Å². The molecule has 22 heavy (non-hydrogen) atoms. The fourth-order valence-electron chi connectivity index (χ4n) is 2.18. The molecule has 0 aliphatic carbocycles. The van der Waals surface area contributed by atoms with Gasteiger partial charge < -0.3 is 5.11 Å². The highest BCUT2D eigenvalue weighted by Gasteiger charge is 2.07. The first-order valence-corrected chi connectivity index (χ1v) is 6.88. The van der Waals surface area contributed by atoms with Gasteiger partial charge in [-0.05, 0) is 55.3 Å². The first-order chi connectivity index (χ1) is 10.5. The van der Waals surface area contributed by atoms with Crippen molar-refractivity contribution in [3.8, 4) is 16.9 Å². The van der Waals surface area contributed by atoms with Crippen molar-refractivity contribution in [1.29, 1.82) is 0 Å². The molecule has 0 amide bonds. The number of carboxylic acid groups (broad SMARTS) is 1. The van der Waals surface area contributed by atoms with E-state index in [1.165, 1.54) is 11.1 Å². The number of hydrogen-bond donors (Lipinski definition) is 1. The monoisotopic (exact) mass is 293 g/mol. The van der Waals surface area contributed by atoms with Crippen LogP contribution in [-0.2, 0) is 0 Å². The normalized spacial score (nSPS) is 10.6. The topological polar surface area (TPSA) is 68.0 Å². The highest BCUT2D eigenvalue weighted by Crippen LogP contribution is 2.21. The zero-order chi connectivity index (χ0) is 15.7. The second-order valence-electron chi connectivity index (χ2n) is 5.20. The molecule has 0 aliphatic rings. The number of carbonyl (C=O) groups is 1. The van der Waals surface area contributed by atoms with Gasteiger partial charge in [0.05, 0.1) is 17.4 Å². The van der Waals surface area contributed by atoms with Gasteiger partial charge in [0.15, 0.2) is 0 Å². The molecule has 0 unspecified atom stereocenters. The average Bonchev–Trinajstić information content (AvgIpc) is 3.00. The first-order valence-electron chi connectivity index (χ1n) is 6.88. The van der Waals surface area contributed by atoms with E-state index in [9.17, 15) is 4.79 Å². The first kappa shape index (κ1) is 14.0. The zero-order valence-electron chi connectivity index (χ0n) is 12.3. The number of aromatic carboxylic acids is 1. The smallest absolute Gasteiger partial charge is 0.335 e. The minimum absolute atomic E-state index is 0.248. The maximum atomic E-state index is 10.9. The van der Waals surface area contributed by atoms with Gasteiger partial charge in [0.25, 0.3) is 0 Å². The molecule has 1 heterocycles. The van der Waals surface area contributed by atoms with Crippen LogP contribution in [0.4, 0.5) is 0 Å². The Kier molecular flexibility index (Phi) is 3.47. The fourth-order valence-corrected chi connectivity index (χ4v) is 2.18. The third-order valence-electron chi connectivity index (χ3n) is 3.67. The van der Waals surface area contributed by atoms with Crippen molar-refractivity contribution in [1.82, 2.24) is 15.0 Å². The summed E-state index contributed by atoms with van der Waals surface area (Å²) < 4.78 is 1.64. The third-order valence-corrected chi connectivity index (χ3v) is 3.67. The Morgan fingerprint density at radius 3 is 2.41 bits per heavy atom. The Bertz CT molecular complexity index is 835. The van der Waals surface area contributed by atoms with Gasteiger partial charge in [0.1, 0.15) is 5.69 Å². The summed E-state index contributed by atoms with van der Waals surface area (Å²) in [6.45, 7) is 4.13. The molecule has 0 atom stereocenters. The van der Waals surface area contributed by atoms with E-state index in [0.29, 0.717) is 0 Å². The summed E-state index contributed by atoms with van der Waals surface area (Å²) in [5.74, 6) is -0.944. The van der Waals surface area contributed by atoms with Crippen molar-refractivity contribution >= 4 is 5.97 Å². The molecule has 0 saturated heterocycles. The van der Waals surface area contributed by atoms with E-state index < -0.39 is 5.97 Å². The zero-order valence-corrected chi connectivity index (χ0v) is 12.3. The van der Waals surface area contributed by atoms with Crippen LogP contribution in [0.2, 0.25) is 0 Å². The van der Waals surface area contributed by atoms with Gasteiger partial charge in [0, 0.05) is 5.56 Å². The molecule has 0 saturated carbocycles. The van der Waals surface area contributed by atoms with Crippen LogP contribution >= 0.6 is 0 Å². The van der Waals surface area contributed by atoms with Gasteiger partial charge in [-0.15, -0.1) is 5.10 Å². The van der Waals surface area contributed by atoms with Crippen molar-refractivity contribution in [2.45, 2.75) is 13.8 Å². The molecule has 0 aliphatic heterocycles. The van der Waals surface area contributed by atoms with E-state index in [4.69, 9.17) is 5.11 Å². The van der Waals surface area contributed by atoms with Gasteiger partial charge >= 0.3 is 5.97 Å². The molecular formula is C17H15N3O2. The molecule has 2 aromatic carbocycles. The summed E-state index contributed by atoms with van der Waals surface area (Å²) in [6.07, 6.45) is 1.83. The second kappa shape index (κ2) is 5.44. The number of aryl methyl sites for hydroxylation is 2. The van der Waals surface area contributed by atoms with Crippen LogP contribution < -0.4 is 0 Å². The third kappa shape index (κ3) is 2.61. The Morgan fingerprint density at radius 2 is 1.77 bits per heavy atom. The largest absolute Gasteiger partial charge is 0.478 e. The number of benzene rings is 2. The van der Waals surface area contributed by atoms with E-state index in [2.05, 4.69) is 36.3 Å². The molecule has 3 aromatic rings. The van der Waals surface area contributed by atoms with E-state index in [-0.39, 0.29) is 5.56 Å². The molecule has 0 fully saturated rings. The molecule has 0 spiro atoms. The maximum absolute atomic E-state index is 10.9. The molecule has 0 radical (unpaired) electrons. The summed E-state index contributed by atoms with van der Waals surface area (Å²) in [6, 6.07) is 12.7. The van der Waals surface area contributed by atoms with Crippen LogP contribution in [0.3, 0.4) is 0 Å². The lowest BCUT2D eigenvalue weighted by Crippen LogP contribution is -1.98. The summed E-state index contributed by atoms with van der Waals surface area (Å²) in [5.41, 5.74) is 5.26. The molecule has 3 rings (SSSR count). The van der Waals surface area contributed by atoms with Crippen molar-refractivity contribution in [2.24, 2.45) is 0 Å². The maximum Gasteiger partial charge on any atom is 0.335 e. The highest BCUT2D eigenvalue weighted by atomic mass is 16.4. The number of nitrogens with zero attached hydrogens (tertiary/aromatic N) is 3. The quantitative estimate of drug-likeness (QED) is 0.805. The molecule has 1 aromatic heterocycles. The van der Waals surface area contributed by atoms with Gasteiger partial charge in [-0.2, -0.15) is 0 Å². The van der Waals surface area contributed by atoms with E-state index in [1.54, 1.807) is 28.9 Å². The highest BCUT2D eigenvalue weighted by molar-refractivity contribution is 5.87. The summed E-state index contributed by atoms with van der Waals surface area (Å²) in [4.78, 5) is 10.9.